The third-order valence-electron chi connectivity index (χ3n) is 1.77. The van der Waals surface area contributed by atoms with Crippen LogP contribution in [-0.2, 0) is 4.84 Å². The van der Waals surface area contributed by atoms with Gasteiger partial charge in [0, 0.05) is 0 Å². The molecule has 0 rings (SSSR count). The Labute approximate surface area is 89.2 Å². The Kier molecular flexibility index (Phi) is 8.10. The Morgan fingerprint density at radius 2 is 2.15 bits per heavy atom. The van der Waals surface area contributed by atoms with Crippen LogP contribution < -0.4 is 0 Å². The van der Waals surface area contributed by atoms with E-state index in [4.69, 9.17) is 4.84 Å². The predicted molar refractivity (Wildman–Crippen MR) is 61.3 cm³/mol. The van der Waals surface area contributed by atoms with Gasteiger partial charge in [0.15, 0.2) is 0 Å². The zero-order valence-electron chi connectivity index (χ0n) is 8.64. The topological polar surface area (TPSA) is 21.6 Å². The number of allylic oxidation sites excluding steroid dienone is 2. The first-order chi connectivity index (χ1) is 6.26. The lowest BCUT2D eigenvalue weighted by Gasteiger charge is -2.01. The van der Waals surface area contributed by atoms with Gasteiger partial charge in [-0.15, -0.1) is 0 Å². The first-order valence-corrected chi connectivity index (χ1v) is 5.51. The van der Waals surface area contributed by atoms with Crippen LogP contribution in [0.15, 0.2) is 16.8 Å². The van der Waals surface area contributed by atoms with Crippen LogP contribution in [-0.4, -0.2) is 11.7 Å². The second-order valence-corrected chi connectivity index (χ2v) is 3.54. The van der Waals surface area contributed by atoms with Crippen molar-refractivity contribution in [2.45, 2.75) is 39.5 Å². The average molecular weight is 248 g/mol. The summed E-state index contributed by atoms with van der Waals surface area (Å²) in [6.45, 7) is 4.31. The molecule has 0 aromatic carbocycles. The smallest absolute Gasteiger partial charge is 0.148 e. The van der Waals surface area contributed by atoms with E-state index in [0.29, 0.717) is 0 Å². The standard InChI is InChI=1S/C10H18BrNO/c1-4-6-7-8-9(5-2)10(11)12-13-3/h8H,4-7H2,1-3H3. The molecule has 0 saturated carbocycles. The molecule has 0 aromatic rings. The molecule has 0 aromatic heterocycles. The summed E-state index contributed by atoms with van der Waals surface area (Å²) in [6, 6.07) is 0. The van der Waals surface area contributed by atoms with E-state index in [9.17, 15) is 0 Å². The van der Waals surface area contributed by atoms with Crippen LogP contribution >= 0.6 is 15.9 Å². The second-order valence-electron chi connectivity index (χ2n) is 2.79. The molecule has 2 nitrogen and oxygen atoms in total. The van der Waals surface area contributed by atoms with Gasteiger partial charge < -0.3 is 4.84 Å². The Balaban J connectivity index is 4.14. The lowest BCUT2D eigenvalue weighted by atomic mass is 10.1. The van der Waals surface area contributed by atoms with Crippen LogP contribution in [0.3, 0.4) is 0 Å². The largest absolute Gasteiger partial charge is 0.398 e. The molecule has 0 amide bonds. The molecule has 0 saturated heterocycles. The van der Waals surface area contributed by atoms with Gasteiger partial charge in [-0.1, -0.05) is 37.9 Å². The molecule has 0 bridgehead atoms. The van der Waals surface area contributed by atoms with Crippen LogP contribution in [0.5, 0.6) is 0 Å². The maximum atomic E-state index is 4.69. The Hall–Kier alpha value is -0.310. The Morgan fingerprint density at radius 1 is 1.46 bits per heavy atom. The first-order valence-electron chi connectivity index (χ1n) is 4.72. The minimum atomic E-state index is 0.814. The summed E-state index contributed by atoms with van der Waals surface area (Å²) >= 11 is 3.37. The fourth-order valence-electron chi connectivity index (χ4n) is 0.994. The summed E-state index contributed by atoms with van der Waals surface area (Å²) in [5.41, 5.74) is 1.22. The van der Waals surface area contributed by atoms with Gasteiger partial charge in [0.25, 0.3) is 0 Å². The molecule has 0 aliphatic heterocycles. The van der Waals surface area contributed by atoms with Gasteiger partial charge in [-0.2, -0.15) is 0 Å². The second kappa shape index (κ2) is 8.30. The van der Waals surface area contributed by atoms with Crippen LogP contribution in [0, 0.1) is 0 Å². The number of rotatable bonds is 6. The molecule has 76 valence electrons. The zero-order chi connectivity index (χ0) is 10.1. The number of halogens is 1. The minimum Gasteiger partial charge on any atom is -0.398 e. The molecule has 0 aliphatic rings. The van der Waals surface area contributed by atoms with Gasteiger partial charge >= 0.3 is 0 Å². The number of unbranched alkanes of at least 4 members (excludes halogenated alkanes) is 2. The highest BCUT2D eigenvalue weighted by molar-refractivity contribution is 9.18. The van der Waals surface area contributed by atoms with Crippen LogP contribution in [0.25, 0.3) is 0 Å². The number of nitrogens with zero attached hydrogens (tertiary/aromatic N) is 1. The summed E-state index contributed by atoms with van der Waals surface area (Å²) in [5, 5.41) is 3.84. The van der Waals surface area contributed by atoms with Gasteiger partial charge in [0.1, 0.15) is 11.7 Å². The van der Waals surface area contributed by atoms with Crippen LogP contribution in [0.1, 0.15) is 39.5 Å². The molecule has 3 heteroatoms. The van der Waals surface area contributed by atoms with E-state index in [-0.39, 0.29) is 0 Å². The monoisotopic (exact) mass is 247 g/mol. The van der Waals surface area contributed by atoms with E-state index in [1.807, 2.05) is 0 Å². The molecule has 0 N–H and O–H groups in total. The Morgan fingerprint density at radius 3 is 2.62 bits per heavy atom. The summed E-state index contributed by atoms with van der Waals surface area (Å²) in [4.78, 5) is 4.69. The highest BCUT2D eigenvalue weighted by Gasteiger charge is 2.00. The molecule has 0 atom stereocenters. The summed E-state index contributed by atoms with van der Waals surface area (Å²) in [6.07, 6.45) is 6.78. The Bertz CT molecular complexity index is 187. The van der Waals surface area contributed by atoms with E-state index in [1.165, 1.54) is 18.4 Å². The van der Waals surface area contributed by atoms with E-state index in [0.717, 1.165) is 17.5 Å². The maximum Gasteiger partial charge on any atom is 0.148 e. The van der Waals surface area contributed by atoms with Crippen molar-refractivity contribution in [3.8, 4) is 0 Å². The molecule has 0 radical (unpaired) electrons. The summed E-state index contributed by atoms with van der Waals surface area (Å²) in [7, 11) is 1.56. The quantitative estimate of drug-likeness (QED) is 0.397. The third kappa shape index (κ3) is 5.86. The van der Waals surface area contributed by atoms with Crippen molar-refractivity contribution in [3.05, 3.63) is 11.6 Å². The maximum absolute atomic E-state index is 4.69. The fraction of sp³-hybridized carbons (Fsp3) is 0.700. The molecular formula is C10H18BrNO. The molecule has 0 unspecified atom stereocenters. The lowest BCUT2D eigenvalue weighted by molar-refractivity contribution is 0.215. The first kappa shape index (κ1) is 12.7. The van der Waals surface area contributed by atoms with Crippen molar-refractivity contribution < 1.29 is 4.84 Å². The van der Waals surface area contributed by atoms with Gasteiger partial charge in [-0.25, -0.2) is 0 Å². The van der Waals surface area contributed by atoms with Crippen LogP contribution in [0.4, 0.5) is 0 Å². The van der Waals surface area contributed by atoms with E-state index >= 15 is 0 Å². The van der Waals surface area contributed by atoms with Crippen molar-refractivity contribution in [2.24, 2.45) is 5.16 Å². The number of oxime groups is 1. The van der Waals surface area contributed by atoms with Crippen molar-refractivity contribution >= 4 is 20.6 Å². The summed E-state index contributed by atoms with van der Waals surface area (Å²) in [5.74, 6) is 0. The van der Waals surface area contributed by atoms with Crippen LogP contribution in [0.2, 0.25) is 0 Å². The molecule has 13 heavy (non-hydrogen) atoms. The lowest BCUT2D eigenvalue weighted by Crippen LogP contribution is -1.93. The number of hydrogen-bond acceptors (Lipinski definition) is 2. The van der Waals surface area contributed by atoms with Crippen molar-refractivity contribution in [1.29, 1.82) is 0 Å². The van der Waals surface area contributed by atoms with Crippen molar-refractivity contribution in [3.63, 3.8) is 0 Å². The third-order valence-corrected chi connectivity index (χ3v) is 2.42. The SMILES string of the molecule is CCCCC=C(CC)C(Br)=NOC. The van der Waals surface area contributed by atoms with Gasteiger partial charge in [0.2, 0.25) is 0 Å². The predicted octanol–water partition coefficient (Wildman–Crippen LogP) is 3.87. The van der Waals surface area contributed by atoms with E-state index in [1.54, 1.807) is 7.11 Å². The molecule has 0 fully saturated rings. The van der Waals surface area contributed by atoms with Gasteiger partial charge in [-0.05, 0) is 34.3 Å². The summed E-state index contributed by atoms with van der Waals surface area (Å²) < 4.78 is 0.814. The fourth-order valence-corrected chi connectivity index (χ4v) is 1.58. The molecule has 0 aliphatic carbocycles. The van der Waals surface area contributed by atoms with Crippen molar-refractivity contribution in [2.75, 3.05) is 7.11 Å². The van der Waals surface area contributed by atoms with Gasteiger partial charge in [0.05, 0.1) is 0 Å². The minimum absolute atomic E-state index is 0.814. The molecule has 0 heterocycles. The highest BCUT2D eigenvalue weighted by atomic mass is 79.9. The molecule has 0 spiro atoms. The normalized spacial score (nSPS) is 13.2. The van der Waals surface area contributed by atoms with Crippen molar-refractivity contribution in [1.82, 2.24) is 0 Å². The average Bonchev–Trinajstić information content (AvgIpc) is 2.13. The van der Waals surface area contributed by atoms with E-state index in [2.05, 4.69) is 41.0 Å². The highest BCUT2D eigenvalue weighted by Crippen LogP contribution is 2.12. The van der Waals surface area contributed by atoms with Gasteiger partial charge in [-0.3, -0.25) is 0 Å². The zero-order valence-corrected chi connectivity index (χ0v) is 10.2. The molecular weight excluding hydrogens is 230 g/mol. The van der Waals surface area contributed by atoms with E-state index < -0.39 is 0 Å². The number of hydrogen-bond donors (Lipinski definition) is 0.